The number of nitrogens with one attached hydrogen (secondary N) is 1. The normalized spacial score (nSPS) is 39.7. The molecule has 3 nitrogen and oxygen atoms in total. The first-order chi connectivity index (χ1) is 9.27. The van der Waals surface area contributed by atoms with Crippen LogP contribution in [0.3, 0.4) is 0 Å². The number of hydrogen-bond donors (Lipinski definition) is 1. The molecule has 0 saturated heterocycles. The molecule has 1 heterocycles. The average Bonchev–Trinajstić information content (AvgIpc) is 2.38. The molecule has 4 aliphatic carbocycles. The summed E-state index contributed by atoms with van der Waals surface area (Å²) in [5.74, 6) is 2.93. The standard InChI is InChI=1S/C16H23N3/c1-17-10-14-2-3-15(19-18-14)16-7-11-4-12(8-16)6-13(5-11)9-16/h2-3,11-13,17H,4-10H2,1H3. The highest BCUT2D eigenvalue weighted by Gasteiger charge is 2.52. The maximum atomic E-state index is 4.60. The van der Waals surface area contributed by atoms with Gasteiger partial charge in [0.2, 0.25) is 0 Å². The molecule has 1 N–H and O–H groups in total. The quantitative estimate of drug-likeness (QED) is 0.904. The minimum atomic E-state index is 0.389. The van der Waals surface area contributed by atoms with Gasteiger partial charge in [0.1, 0.15) is 0 Å². The van der Waals surface area contributed by atoms with Crippen LogP contribution in [-0.2, 0) is 12.0 Å². The van der Waals surface area contributed by atoms with Crippen molar-refractivity contribution in [3.8, 4) is 0 Å². The van der Waals surface area contributed by atoms with E-state index in [2.05, 4.69) is 27.6 Å². The summed E-state index contributed by atoms with van der Waals surface area (Å²) in [7, 11) is 1.95. The average molecular weight is 257 g/mol. The second kappa shape index (κ2) is 4.27. The van der Waals surface area contributed by atoms with Gasteiger partial charge in [-0.3, -0.25) is 0 Å². The highest BCUT2D eigenvalue weighted by atomic mass is 15.1. The molecule has 0 unspecified atom stereocenters. The van der Waals surface area contributed by atoms with Crippen LogP contribution in [-0.4, -0.2) is 17.2 Å². The van der Waals surface area contributed by atoms with E-state index < -0.39 is 0 Å². The first-order valence-corrected chi connectivity index (χ1v) is 7.75. The van der Waals surface area contributed by atoms with E-state index in [4.69, 9.17) is 0 Å². The Bertz CT molecular complexity index is 430. The van der Waals surface area contributed by atoms with Crippen molar-refractivity contribution < 1.29 is 0 Å². The van der Waals surface area contributed by atoms with E-state index in [-0.39, 0.29) is 0 Å². The summed E-state index contributed by atoms with van der Waals surface area (Å²) in [6.45, 7) is 0.814. The monoisotopic (exact) mass is 257 g/mol. The Hall–Kier alpha value is -0.960. The fourth-order valence-corrected chi connectivity index (χ4v) is 5.34. The summed E-state index contributed by atoms with van der Waals surface area (Å²) >= 11 is 0. The first kappa shape index (κ1) is 11.8. The molecular weight excluding hydrogens is 234 g/mol. The van der Waals surface area contributed by atoms with Gasteiger partial charge in [0, 0.05) is 12.0 Å². The van der Waals surface area contributed by atoms with Gasteiger partial charge in [-0.15, -0.1) is 0 Å². The van der Waals surface area contributed by atoms with E-state index in [0.717, 1.165) is 30.0 Å². The fraction of sp³-hybridized carbons (Fsp3) is 0.750. The van der Waals surface area contributed by atoms with Crippen LogP contribution in [0.2, 0.25) is 0 Å². The first-order valence-electron chi connectivity index (χ1n) is 7.75. The Balaban J connectivity index is 1.64. The lowest BCUT2D eigenvalue weighted by molar-refractivity contribution is -0.00762. The predicted molar refractivity (Wildman–Crippen MR) is 74.6 cm³/mol. The molecule has 0 aromatic carbocycles. The third kappa shape index (κ3) is 1.90. The molecule has 0 atom stereocenters. The largest absolute Gasteiger partial charge is 0.314 e. The van der Waals surface area contributed by atoms with Gasteiger partial charge >= 0.3 is 0 Å². The predicted octanol–water partition coefficient (Wildman–Crippen LogP) is 2.66. The molecule has 1 aromatic rings. The molecule has 19 heavy (non-hydrogen) atoms. The minimum Gasteiger partial charge on any atom is -0.314 e. The second-order valence-electron chi connectivity index (χ2n) is 7.14. The number of nitrogens with zero attached hydrogens (tertiary/aromatic N) is 2. The van der Waals surface area contributed by atoms with Crippen LogP contribution in [0.5, 0.6) is 0 Å². The summed E-state index contributed by atoms with van der Waals surface area (Å²) in [4.78, 5) is 0. The maximum absolute atomic E-state index is 4.60. The number of rotatable bonds is 3. The lowest BCUT2D eigenvalue weighted by Crippen LogP contribution is -2.49. The van der Waals surface area contributed by atoms with Gasteiger partial charge in [-0.1, -0.05) is 0 Å². The summed E-state index contributed by atoms with van der Waals surface area (Å²) in [6, 6.07) is 4.42. The Morgan fingerprint density at radius 3 is 2.16 bits per heavy atom. The third-order valence-electron chi connectivity index (χ3n) is 5.66. The van der Waals surface area contributed by atoms with Crippen molar-refractivity contribution in [3.05, 3.63) is 23.5 Å². The third-order valence-corrected chi connectivity index (χ3v) is 5.66. The Labute approximate surface area is 115 Å². The lowest BCUT2D eigenvalue weighted by Gasteiger charge is -2.56. The maximum Gasteiger partial charge on any atom is 0.0769 e. The van der Waals surface area contributed by atoms with E-state index in [1.54, 1.807) is 0 Å². The van der Waals surface area contributed by atoms with Gasteiger partial charge in [-0.2, -0.15) is 10.2 Å². The second-order valence-corrected chi connectivity index (χ2v) is 7.14. The number of aromatic nitrogens is 2. The Morgan fingerprint density at radius 2 is 1.68 bits per heavy atom. The zero-order valence-corrected chi connectivity index (χ0v) is 11.7. The van der Waals surface area contributed by atoms with Crippen molar-refractivity contribution in [2.75, 3.05) is 7.05 Å². The van der Waals surface area contributed by atoms with E-state index in [1.807, 2.05) is 7.05 Å². The van der Waals surface area contributed by atoms with E-state index in [1.165, 1.54) is 44.2 Å². The summed E-state index contributed by atoms with van der Waals surface area (Å²) in [6.07, 6.45) is 8.59. The topological polar surface area (TPSA) is 37.8 Å². The van der Waals surface area contributed by atoms with E-state index >= 15 is 0 Å². The zero-order chi connectivity index (χ0) is 12.9. The molecule has 4 bridgehead atoms. The van der Waals surface area contributed by atoms with Gasteiger partial charge < -0.3 is 5.32 Å². The summed E-state index contributed by atoms with van der Waals surface area (Å²) in [5.41, 5.74) is 2.72. The van der Waals surface area contributed by atoms with Gasteiger partial charge in [-0.25, -0.2) is 0 Å². The SMILES string of the molecule is CNCc1ccc(C23CC4CC(CC(C4)C2)C3)nn1. The Morgan fingerprint density at radius 1 is 1.05 bits per heavy atom. The molecule has 1 aromatic heterocycles. The minimum absolute atomic E-state index is 0.389. The van der Waals surface area contributed by atoms with Crippen LogP contribution in [0.1, 0.15) is 49.9 Å². The molecule has 0 spiro atoms. The molecule has 0 radical (unpaired) electrons. The zero-order valence-electron chi connectivity index (χ0n) is 11.7. The summed E-state index contributed by atoms with van der Waals surface area (Å²) in [5, 5.41) is 12.1. The van der Waals surface area contributed by atoms with Crippen molar-refractivity contribution >= 4 is 0 Å². The van der Waals surface area contributed by atoms with Crippen molar-refractivity contribution in [1.82, 2.24) is 15.5 Å². The van der Waals surface area contributed by atoms with Crippen LogP contribution < -0.4 is 5.32 Å². The van der Waals surface area contributed by atoms with Crippen LogP contribution >= 0.6 is 0 Å². The van der Waals surface area contributed by atoms with Crippen LogP contribution in [0.25, 0.3) is 0 Å². The van der Waals surface area contributed by atoms with Crippen molar-refractivity contribution in [2.45, 2.75) is 50.5 Å². The van der Waals surface area contributed by atoms with Gasteiger partial charge in [-0.05, 0) is 75.5 Å². The molecule has 5 rings (SSSR count). The van der Waals surface area contributed by atoms with Crippen molar-refractivity contribution in [3.63, 3.8) is 0 Å². The van der Waals surface area contributed by atoms with Gasteiger partial charge in [0.25, 0.3) is 0 Å². The summed E-state index contributed by atoms with van der Waals surface area (Å²) < 4.78 is 0. The molecule has 0 amide bonds. The van der Waals surface area contributed by atoms with Crippen LogP contribution in [0.4, 0.5) is 0 Å². The molecule has 4 saturated carbocycles. The Kier molecular flexibility index (Phi) is 2.66. The molecule has 102 valence electrons. The highest BCUT2D eigenvalue weighted by Crippen LogP contribution is 2.60. The molecule has 4 aliphatic rings. The molecular formula is C16H23N3. The van der Waals surface area contributed by atoms with Gasteiger partial charge in [0.05, 0.1) is 11.4 Å². The fourth-order valence-electron chi connectivity index (χ4n) is 5.34. The molecule has 0 aliphatic heterocycles. The van der Waals surface area contributed by atoms with Crippen LogP contribution in [0, 0.1) is 17.8 Å². The highest BCUT2D eigenvalue weighted by molar-refractivity contribution is 5.22. The van der Waals surface area contributed by atoms with E-state index in [0.29, 0.717) is 5.41 Å². The molecule has 4 fully saturated rings. The number of hydrogen-bond acceptors (Lipinski definition) is 3. The lowest BCUT2D eigenvalue weighted by atomic mass is 9.49. The molecule has 3 heteroatoms. The van der Waals surface area contributed by atoms with E-state index in [9.17, 15) is 0 Å². The van der Waals surface area contributed by atoms with Gasteiger partial charge in [0.15, 0.2) is 0 Å². The van der Waals surface area contributed by atoms with Crippen molar-refractivity contribution in [1.29, 1.82) is 0 Å². The smallest absolute Gasteiger partial charge is 0.0769 e. The van der Waals surface area contributed by atoms with Crippen molar-refractivity contribution in [2.24, 2.45) is 17.8 Å². The van der Waals surface area contributed by atoms with Crippen LogP contribution in [0.15, 0.2) is 12.1 Å².